The number of aromatic nitrogens is 1. The van der Waals surface area contributed by atoms with Crippen molar-refractivity contribution in [1.29, 1.82) is 0 Å². The standard InChI is InChI=1S/C16H20FN3/c1-10-7-14(20-6-5-12(8-18)9-20)11(2)16-13(10)3-4-15(17)19-16/h3-4,7,12H,5-6,8-9,18H2,1-2H3. The maximum absolute atomic E-state index is 13.4. The summed E-state index contributed by atoms with van der Waals surface area (Å²) in [5, 5.41) is 1.03. The van der Waals surface area contributed by atoms with E-state index in [1.807, 2.05) is 13.0 Å². The summed E-state index contributed by atoms with van der Waals surface area (Å²) >= 11 is 0. The van der Waals surface area contributed by atoms with E-state index in [1.54, 1.807) is 0 Å². The van der Waals surface area contributed by atoms with Gasteiger partial charge in [-0.1, -0.05) is 0 Å². The maximum atomic E-state index is 13.4. The minimum absolute atomic E-state index is 0.418. The third-order valence-electron chi connectivity index (χ3n) is 4.34. The molecule has 0 amide bonds. The number of fused-ring (bicyclic) bond motifs is 1. The van der Waals surface area contributed by atoms with Crippen LogP contribution in [0.25, 0.3) is 10.9 Å². The van der Waals surface area contributed by atoms with Crippen molar-refractivity contribution in [2.45, 2.75) is 20.3 Å². The zero-order valence-electron chi connectivity index (χ0n) is 12.0. The lowest BCUT2D eigenvalue weighted by atomic mass is 10.0. The third-order valence-corrected chi connectivity index (χ3v) is 4.34. The van der Waals surface area contributed by atoms with Crippen molar-refractivity contribution in [1.82, 2.24) is 4.98 Å². The number of aryl methyl sites for hydroxylation is 2. The molecular formula is C16H20FN3. The fourth-order valence-corrected chi connectivity index (χ4v) is 3.12. The molecule has 3 rings (SSSR count). The van der Waals surface area contributed by atoms with E-state index in [4.69, 9.17) is 5.73 Å². The van der Waals surface area contributed by atoms with Crippen LogP contribution in [-0.2, 0) is 0 Å². The molecule has 1 unspecified atom stereocenters. The molecule has 2 aromatic rings. The monoisotopic (exact) mass is 273 g/mol. The Morgan fingerprint density at radius 3 is 2.90 bits per heavy atom. The first-order valence-electron chi connectivity index (χ1n) is 7.11. The smallest absolute Gasteiger partial charge is 0.213 e. The van der Waals surface area contributed by atoms with Crippen LogP contribution in [0.1, 0.15) is 17.5 Å². The number of nitrogens with zero attached hydrogens (tertiary/aromatic N) is 2. The number of hydrogen-bond acceptors (Lipinski definition) is 3. The van der Waals surface area contributed by atoms with Gasteiger partial charge in [0.25, 0.3) is 0 Å². The lowest BCUT2D eigenvalue weighted by molar-refractivity contribution is 0.589. The Balaban J connectivity index is 2.10. The second-order valence-corrected chi connectivity index (χ2v) is 5.70. The van der Waals surface area contributed by atoms with Gasteiger partial charge in [0.15, 0.2) is 0 Å². The highest BCUT2D eigenvalue weighted by atomic mass is 19.1. The lowest BCUT2D eigenvalue weighted by Gasteiger charge is -2.22. The average Bonchev–Trinajstić information content (AvgIpc) is 2.91. The number of rotatable bonds is 2. The van der Waals surface area contributed by atoms with Crippen LogP contribution < -0.4 is 10.6 Å². The van der Waals surface area contributed by atoms with E-state index in [0.717, 1.165) is 48.1 Å². The quantitative estimate of drug-likeness (QED) is 0.856. The second kappa shape index (κ2) is 5.02. The minimum Gasteiger partial charge on any atom is -0.371 e. The Labute approximate surface area is 118 Å². The number of nitrogens with two attached hydrogens (primary N) is 1. The Morgan fingerprint density at radius 2 is 2.20 bits per heavy atom. The summed E-state index contributed by atoms with van der Waals surface area (Å²) in [5.74, 6) is 0.143. The highest BCUT2D eigenvalue weighted by molar-refractivity contribution is 5.89. The fraction of sp³-hybridized carbons (Fsp3) is 0.438. The molecule has 1 fully saturated rings. The van der Waals surface area contributed by atoms with Crippen molar-refractivity contribution in [2.75, 3.05) is 24.5 Å². The van der Waals surface area contributed by atoms with Gasteiger partial charge in [-0.05, 0) is 62.1 Å². The van der Waals surface area contributed by atoms with Crippen molar-refractivity contribution in [2.24, 2.45) is 11.7 Å². The fourth-order valence-electron chi connectivity index (χ4n) is 3.12. The van der Waals surface area contributed by atoms with Crippen LogP contribution >= 0.6 is 0 Å². The molecule has 1 aromatic carbocycles. The highest BCUT2D eigenvalue weighted by Gasteiger charge is 2.23. The predicted octanol–water partition coefficient (Wildman–Crippen LogP) is 2.78. The summed E-state index contributed by atoms with van der Waals surface area (Å²) < 4.78 is 13.4. The van der Waals surface area contributed by atoms with Gasteiger partial charge in [0.1, 0.15) is 0 Å². The highest BCUT2D eigenvalue weighted by Crippen LogP contribution is 2.33. The van der Waals surface area contributed by atoms with Crippen LogP contribution in [0.4, 0.5) is 10.1 Å². The summed E-state index contributed by atoms with van der Waals surface area (Å²) in [7, 11) is 0. The molecule has 2 N–H and O–H groups in total. The van der Waals surface area contributed by atoms with Crippen molar-refractivity contribution in [3.05, 3.63) is 35.3 Å². The van der Waals surface area contributed by atoms with Gasteiger partial charge < -0.3 is 10.6 Å². The summed E-state index contributed by atoms with van der Waals surface area (Å²) in [5.41, 5.74) is 9.91. The third kappa shape index (κ3) is 2.14. The molecule has 106 valence electrons. The molecular weight excluding hydrogens is 253 g/mol. The zero-order valence-corrected chi connectivity index (χ0v) is 12.0. The maximum Gasteiger partial charge on any atom is 0.213 e. The van der Waals surface area contributed by atoms with E-state index < -0.39 is 5.95 Å². The molecule has 0 spiro atoms. The van der Waals surface area contributed by atoms with E-state index in [9.17, 15) is 4.39 Å². The van der Waals surface area contributed by atoms with Crippen molar-refractivity contribution in [3.63, 3.8) is 0 Å². The van der Waals surface area contributed by atoms with Crippen LogP contribution in [0.3, 0.4) is 0 Å². The zero-order chi connectivity index (χ0) is 14.3. The molecule has 0 saturated carbocycles. The van der Waals surface area contributed by atoms with Gasteiger partial charge in [-0.25, -0.2) is 4.98 Å². The van der Waals surface area contributed by atoms with Gasteiger partial charge in [-0.3, -0.25) is 0 Å². The van der Waals surface area contributed by atoms with E-state index in [2.05, 4.69) is 22.9 Å². The molecule has 1 saturated heterocycles. The lowest BCUT2D eigenvalue weighted by Crippen LogP contribution is -2.23. The van der Waals surface area contributed by atoms with Crippen LogP contribution in [-0.4, -0.2) is 24.6 Å². The molecule has 1 aliphatic rings. The van der Waals surface area contributed by atoms with Crippen molar-refractivity contribution >= 4 is 16.6 Å². The van der Waals surface area contributed by atoms with Crippen LogP contribution in [0.5, 0.6) is 0 Å². The number of pyridine rings is 1. The molecule has 1 aromatic heterocycles. The Bertz CT molecular complexity index is 654. The number of hydrogen-bond donors (Lipinski definition) is 1. The van der Waals surface area contributed by atoms with Crippen LogP contribution in [0.15, 0.2) is 18.2 Å². The van der Waals surface area contributed by atoms with Gasteiger partial charge in [0.05, 0.1) is 5.52 Å². The number of anilines is 1. The average molecular weight is 273 g/mol. The van der Waals surface area contributed by atoms with E-state index in [-0.39, 0.29) is 0 Å². The minimum atomic E-state index is -0.418. The Morgan fingerprint density at radius 1 is 1.40 bits per heavy atom. The molecule has 0 radical (unpaired) electrons. The van der Waals surface area contributed by atoms with Gasteiger partial charge in [-0.15, -0.1) is 0 Å². The molecule has 0 bridgehead atoms. The number of benzene rings is 1. The van der Waals surface area contributed by atoms with Crippen molar-refractivity contribution in [3.8, 4) is 0 Å². The Kier molecular flexibility index (Phi) is 3.34. The summed E-state index contributed by atoms with van der Waals surface area (Å²) in [6, 6.07) is 5.43. The molecule has 0 aliphatic carbocycles. The first kappa shape index (κ1) is 13.3. The Hall–Kier alpha value is -1.68. The summed E-state index contributed by atoms with van der Waals surface area (Å²) in [6.07, 6.45) is 1.13. The second-order valence-electron chi connectivity index (χ2n) is 5.70. The molecule has 3 nitrogen and oxygen atoms in total. The van der Waals surface area contributed by atoms with Gasteiger partial charge in [-0.2, -0.15) is 4.39 Å². The van der Waals surface area contributed by atoms with E-state index in [0.29, 0.717) is 5.92 Å². The molecule has 2 heterocycles. The first-order valence-corrected chi connectivity index (χ1v) is 7.11. The predicted molar refractivity (Wildman–Crippen MR) is 80.5 cm³/mol. The van der Waals surface area contributed by atoms with E-state index in [1.165, 1.54) is 11.8 Å². The van der Waals surface area contributed by atoms with Crippen LogP contribution in [0.2, 0.25) is 0 Å². The SMILES string of the molecule is Cc1cc(N2CCC(CN)C2)c(C)c2nc(F)ccc12. The van der Waals surface area contributed by atoms with Crippen LogP contribution in [0, 0.1) is 25.7 Å². The summed E-state index contributed by atoms with van der Waals surface area (Å²) in [6.45, 7) is 6.82. The molecule has 1 aliphatic heterocycles. The first-order chi connectivity index (χ1) is 9.60. The largest absolute Gasteiger partial charge is 0.371 e. The van der Waals surface area contributed by atoms with Crippen molar-refractivity contribution < 1.29 is 4.39 Å². The molecule has 4 heteroatoms. The normalized spacial score (nSPS) is 19.0. The van der Waals surface area contributed by atoms with Gasteiger partial charge in [0, 0.05) is 24.2 Å². The van der Waals surface area contributed by atoms with Gasteiger partial charge in [0.2, 0.25) is 5.95 Å². The molecule has 20 heavy (non-hydrogen) atoms. The topological polar surface area (TPSA) is 42.1 Å². The molecule has 1 atom stereocenters. The number of halogens is 1. The van der Waals surface area contributed by atoms with Gasteiger partial charge >= 0.3 is 0 Å². The summed E-state index contributed by atoms with van der Waals surface area (Å²) in [4.78, 5) is 6.44. The van der Waals surface area contributed by atoms with E-state index >= 15 is 0 Å².